The largest absolute Gasteiger partial charge is 0.489 e. The van der Waals surface area contributed by atoms with Gasteiger partial charge in [-0.15, -0.1) is 0 Å². The molecule has 142 valence electrons. The summed E-state index contributed by atoms with van der Waals surface area (Å²) < 4.78 is 5.76. The molecule has 0 aromatic heterocycles. The normalized spacial score (nSPS) is 16.7. The van der Waals surface area contributed by atoms with Crippen molar-refractivity contribution in [2.75, 3.05) is 16.8 Å². The second-order valence-corrected chi connectivity index (χ2v) is 7.35. The summed E-state index contributed by atoms with van der Waals surface area (Å²) in [6.45, 7) is 8.28. The first kappa shape index (κ1) is 19.0. The van der Waals surface area contributed by atoms with E-state index in [1.165, 1.54) is 0 Å². The minimum Gasteiger partial charge on any atom is -0.489 e. The molecule has 3 rings (SSSR count). The molecule has 1 aliphatic heterocycles. The number of amides is 2. The van der Waals surface area contributed by atoms with Gasteiger partial charge in [0.15, 0.2) is 0 Å². The van der Waals surface area contributed by atoms with Crippen LogP contribution < -0.4 is 15.0 Å². The first-order chi connectivity index (χ1) is 12.8. The highest BCUT2D eigenvalue weighted by atomic mass is 16.5. The molecule has 1 unspecified atom stereocenters. The third kappa shape index (κ3) is 4.30. The highest BCUT2D eigenvalue weighted by molar-refractivity contribution is 6.04. The number of ether oxygens (including phenoxy) is 1. The van der Waals surface area contributed by atoms with Crippen molar-refractivity contribution in [3.8, 4) is 5.75 Å². The predicted octanol–water partition coefficient (Wildman–Crippen LogP) is 4.08. The van der Waals surface area contributed by atoms with E-state index in [0.29, 0.717) is 18.0 Å². The molecule has 1 saturated heterocycles. The van der Waals surface area contributed by atoms with E-state index < -0.39 is 0 Å². The fraction of sp³-hybridized carbons (Fsp3) is 0.364. The Balaban J connectivity index is 1.73. The number of carbonyl (C=O) groups is 2. The molecule has 1 heterocycles. The van der Waals surface area contributed by atoms with Crippen LogP contribution in [0.1, 0.15) is 31.4 Å². The van der Waals surface area contributed by atoms with Crippen molar-refractivity contribution < 1.29 is 14.3 Å². The number of benzene rings is 2. The SMILES string of the molecule is Cc1ccc(N2CC(C(=O)Nc3ccccc3OC(C)C)CC2=O)c(C)c1. The second kappa shape index (κ2) is 7.82. The summed E-state index contributed by atoms with van der Waals surface area (Å²) in [6, 6.07) is 13.4. The highest BCUT2D eigenvalue weighted by Gasteiger charge is 2.35. The monoisotopic (exact) mass is 366 g/mol. The Kier molecular flexibility index (Phi) is 5.49. The molecule has 0 saturated carbocycles. The lowest BCUT2D eigenvalue weighted by molar-refractivity contribution is -0.122. The molecule has 1 atom stereocenters. The number of nitrogens with one attached hydrogen (secondary N) is 1. The molecule has 2 amide bonds. The summed E-state index contributed by atoms with van der Waals surface area (Å²) in [6.07, 6.45) is 0.225. The predicted molar refractivity (Wildman–Crippen MR) is 107 cm³/mol. The number of anilines is 2. The van der Waals surface area contributed by atoms with Gasteiger partial charge in [-0.2, -0.15) is 0 Å². The van der Waals surface area contributed by atoms with Crippen LogP contribution in [0.2, 0.25) is 0 Å². The Hall–Kier alpha value is -2.82. The number of hydrogen-bond donors (Lipinski definition) is 1. The number of hydrogen-bond acceptors (Lipinski definition) is 3. The Morgan fingerprint density at radius 2 is 1.93 bits per heavy atom. The van der Waals surface area contributed by atoms with Gasteiger partial charge in [0.05, 0.1) is 17.7 Å². The van der Waals surface area contributed by atoms with E-state index in [9.17, 15) is 9.59 Å². The van der Waals surface area contributed by atoms with E-state index in [2.05, 4.69) is 11.4 Å². The Labute approximate surface area is 160 Å². The van der Waals surface area contributed by atoms with E-state index in [-0.39, 0.29) is 30.3 Å². The molecule has 1 aliphatic rings. The molecular weight excluding hydrogens is 340 g/mol. The Morgan fingerprint density at radius 1 is 1.19 bits per heavy atom. The fourth-order valence-corrected chi connectivity index (χ4v) is 3.39. The summed E-state index contributed by atoms with van der Waals surface area (Å²) >= 11 is 0. The lowest BCUT2D eigenvalue weighted by atomic mass is 10.1. The Bertz CT molecular complexity index is 860. The number of para-hydroxylation sites is 2. The number of nitrogens with zero attached hydrogens (tertiary/aromatic N) is 1. The molecule has 0 aliphatic carbocycles. The van der Waals surface area contributed by atoms with Gasteiger partial charge in [-0.3, -0.25) is 9.59 Å². The van der Waals surface area contributed by atoms with Crippen LogP contribution in [0.25, 0.3) is 0 Å². The van der Waals surface area contributed by atoms with E-state index >= 15 is 0 Å². The van der Waals surface area contributed by atoms with Gasteiger partial charge in [0.25, 0.3) is 0 Å². The van der Waals surface area contributed by atoms with Gasteiger partial charge in [0, 0.05) is 18.7 Å². The van der Waals surface area contributed by atoms with Crippen molar-refractivity contribution in [3.05, 3.63) is 53.6 Å². The van der Waals surface area contributed by atoms with E-state index in [4.69, 9.17) is 4.74 Å². The van der Waals surface area contributed by atoms with Gasteiger partial charge in [-0.25, -0.2) is 0 Å². The van der Waals surface area contributed by atoms with Crippen LogP contribution in [0.3, 0.4) is 0 Å². The molecule has 1 fully saturated rings. The van der Waals surface area contributed by atoms with Crippen LogP contribution in [0.5, 0.6) is 5.75 Å². The summed E-state index contributed by atoms with van der Waals surface area (Å²) in [5.74, 6) is 0.0750. The first-order valence-electron chi connectivity index (χ1n) is 9.29. The number of aryl methyl sites for hydroxylation is 2. The fourth-order valence-electron chi connectivity index (χ4n) is 3.39. The average molecular weight is 366 g/mol. The number of rotatable bonds is 5. The lowest BCUT2D eigenvalue weighted by Gasteiger charge is -2.20. The van der Waals surface area contributed by atoms with Gasteiger partial charge in [0.2, 0.25) is 11.8 Å². The van der Waals surface area contributed by atoms with Crippen molar-refractivity contribution in [1.29, 1.82) is 0 Å². The van der Waals surface area contributed by atoms with Gasteiger partial charge in [-0.1, -0.05) is 29.8 Å². The molecular formula is C22H26N2O3. The molecule has 5 nitrogen and oxygen atoms in total. The van der Waals surface area contributed by atoms with Crippen molar-refractivity contribution in [1.82, 2.24) is 0 Å². The molecule has 0 radical (unpaired) electrons. The zero-order chi connectivity index (χ0) is 19.6. The van der Waals surface area contributed by atoms with Gasteiger partial charge < -0.3 is 15.0 Å². The van der Waals surface area contributed by atoms with Crippen LogP contribution in [0, 0.1) is 19.8 Å². The van der Waals surface area contributed by atoms with Gasteiger partial charge >= 0.3 is 0 Å². The molecule has 1 N–H and O–H groups in total. The lowest BCUT2D eigenvalue weighted by Crippen LogP contribution is -2.28. The summed E-state index contributed by atoms with van der Waals surface area (Å²) in [7, 11) is 0. The highest BCUT2D eigenvalue weighted by Crippen LogP contribution is 2.30. The summed E-state index contributed by atoms with van der Waals surface area (Å²) in [5.41, 5.74) is 3.71. The molecule has 2 aromatic carbocycles. The molecule has 0 spiro atoms. The maximum atomic E-state index is 12.8. The first-order valence-corrected chi connectivity index (χ1v) is 9.29. The topological polar surface area (TPSA) is 58.6 Å². The van der Waals surface area contributed by atoms with Gasteiger partial charge in [0.1, 0.15) is 5.75 Å². The minimum atomic E-state index is -0.384. The van der Waals surface area contributed by atoms with Crippen LogP contribution in [-0.4, -0.2) is 24.5 Å². The van der Waals surface area contributed by atoms with Crippen molar-refractivity contribution >= 4 is 23.2 Å². The smallest absolute Gasteiger partial charge is 0.229 e. The third-order valence-electron chi connectivity index (χ3n) is 4.65. The van der Waals surface area contributed by atoms with E-state index in [0.717, 1.165) is 16.8 Å². The number of carbonyl (C=O) groups excluding carboxylic acids is 2. The quantitative estimate of drug-likeness (QED) is 0.867. The molecule has 27 heavy (non-hydrogen) atoms. The van der Waals surface area contributed by atoms with Gasteiger partial charge in [-0.05, 0) is 51.5 Å². The minimum absolute atomic E-state index is 0.0103. The maximum Gasteiger partial charge on any atom is 0.229 e. The van der Waals surface area contributed by atoms with Crippen molar-refractivity contribution in [3.63, 3.8) is 0 Å². The molecule has 2 aromatic rings. The van der Waals surface area contributed by atoms with Crippen molar-refractivity contribution in [2.24, 2.45) is 5.92 Å². The van der Waals surface area contributed by atoms with E-state index in [1.807, 2.05) is 64.1 Å². The molecule has 5 heteroatoms. The zero-order valence-electron chi connectivity index (χ0n) is 16.3. The second-order valence-electron chi connectivity index (χ2n) is 7.35. The average Bonchev–Trinajstić information content (AvgIpc) is 2.98. The Morgan fingerprint density at radius 3 is 2.63 bits per heavy atom. The zero-order valence-corrected chi connectivity index (χ0v) is 16.3. The maximum absolute atomic E-state index is 12.8. The molecule has 0 bridgehead atoms. The standard InChI is InChI=1S/C22H26N2O3/c1-14(2)27-20-8-6-5-7-18(20)23-22(26)17-12-21(25)24(13-17)19-10-9-15(3)11-16(19)4/h5-11,14,17H,12-13H2,1-4H3,(H,23,26). The summed E-state index contributed by atoms with van der Waals surface area (Å²) in [5, 5.41) is 2.93. The van der Waals surface area contributed by atoms with Crippen LogP contribution in [-0.2, 0) is 9.59 Å². The van der Waals surface area contributed by atoms with Crippen molar-refractivity contribution in [2.45, 2.75) is 40.2 Å². The summed E-state index contributed by atoms with van der Waals surface area (Å²) in [4.78, 5) is 27.0. The van der Waals surface area contributed by atoms with E-state index in [1.54, 1.807) is 4.90 Å². The van der Waals surface area contributed by atoms with Crippen LogP contribution in [0.4, 0.5) is 11.4 Å². The van der Waals surface area contributed by atoms with Crippen LogP contribution >= 0.6 is 0 Å². The van der Waals surface area contributed by atoms with Crippen LogP contribution in [0.15, 0.2) is 42.5 Å². The third-order valence-corrected chi connectivity index (χ3v) is 4.65.